The van der Waals surface area contributed by atoms with Crippen LogP contribution in [0.3, 0.4) is 0 Å². The normalized spacial score (nSPS) is 17.5. The molecule has 0 amide bonds. The highest BCUT2D eigenvalue weighted by Crippen LogP contribution is 2.15. The van der Waals surface area contributed by atoms with Crippen LogP contribution in [0.4, 0.5) is 0 Å². The summed E-state index contributed by atoms with van der Waals surface area (Å²) in [6.07, 6.45) is 2.37. The van der Waals surface area contributed by atoms with Gasteiger partial charge in [0.15, 0.2) is 0 Å². The minimum atomic E-state index is 0.247. The fourth-order valence-electron chi connectivity index (χ4n) is 2.51. The van der Waals surface area contributed by atoms with Gasteiger partial charge in [0, 0.05) is 19.1 Å². The molecule has 0 radical (unpaired) electrons. The Morgan fingerprint density at radius 1 is 1.18 bits per heavy atom. The predicted molar refractivity (Wildman–Crippen MR) is 69.8 cm³/mol. The van der Waals surface area contributed by atoms with Crippen LogP contribution in [0.2, 0.25) is 0 Å². The lowest BCUT2D eigenvalue weighted by atomic mass is 10.0. The first kappa shape index (κ1) is 12.6. The Labute approximate surface area is 103 Å². The molecule has 3 nitrogen and oxygen atoms in total. The van der Waals surface area contributed by atoms with E-state index in [4.69, 9.17) is 0 Å². The van der Waals surface area contributed by atoms with Crippen molar-refractivity contribution in [2.75, 3.05) is 26.2 Å². The SMILES string of the molecule is OCCN(Cc1ccccc1)C1CCNCC1. The second-order valence-corrected chi connectivity index (χ2v) is 4.66. The molecule has 1 aromatic carbocycles. The van der Waals surface area contributed by atoms with Crippen molar-refractivity contribution < 1.29 is 5.11 Å². The number of piperidine rings is 1. The second-order valence-electron chi connectivity index (χ2n) is 4.66. The highest BCUT2D eigenvalue weighted by atomic mass is 16.3. The van der Waals surface area contributed by atoms with E-state index in [1.807, 2.05) is 6.07 Å². The molecular formula is C14H22N2O. The predicted octanol–water partition coefficient (Wildman–Crippen LogP) is 1.23. The average molecular weight is 234 g/mol. The highest BCUT2D eigenvalue weighted by molar-refractivity contribution is 5.14. The third kappa shape index (κ3) is 3.80. The number of hydrogen-bond acceptors (Lipinski definition) is 3. The molecule has 1 heterocycles. The molecular weight excluding hydrogens is 212 g/mol. The molecule has 0 atom stereocenters. The van der Waals surface area contributed by atoms with Gasteiger partial charge in [-0.1, -0.05) is 30.3 Å². The molecule has 2 N–H and O–H groups in total. The maximum absolute atomic E-state index is 9.19. The Balaban J connectivity index is 1.96. The van der Waals surface area contributed by atoms with Crippen LogP contribution in [0.25, 0.3) is 0 Å². The lowest BCUT2D eigenvalue weighted by Gasteiger charge is -2.34. The monoisotopic (exact) mass is 234 g/mol. The summed E-state index contributed by atoms with van der Waals surface area (Å²) >= 11 is 0. The fraction of sp³-hybridized carbons (Fsp3) is 0.571. The minimum absolute atomic E-state index is 0.247. The number of aliphatic hydroxyl groups is 1. The highest BCUT2D eigenvalue weighted by Gasteiger charge is 2.20. The molecule has 0 saturated carbocycles. The van der Waals surface area contributed by atoms with Gasteiger partial charge in [-0.05, 0) is 31.5 Å². The van der Waals surface area contributed by atoms with Gasteiger partial charge in [-0.2, -0.15) is 0 Å². The molecule has 0 unspecified atom stereocenters. The van der Waals surface area contributed by atoms with Gasteiger partial charge in [-0.15, -0.1) is 0 Å². The molecule has 1 aliphatic rings. The molecule has 0 bridgehead atoms. The summed E-state index contributed by atoms with van der Waals surface area (Å²) in [5.74, 6) is 0. The first-order valence-corrected chi connectivity index (χ1v) is 6.49. The zero-order valence-electron chi connectivity index (χ0n) is 10.3. The molecule has 0 spiro atoms. The number of nitrogens with zero attached hydrogens (tertiary/aromatic N) is 1. The van der Waals surface area contributed by atoms with Crippen LogP contribution in [-0.4, -0.2) is 42.3 Å². The first-order valence-electron chi connectivity index (χ1n) is 6.49. The van der Waals surface area contributed by atoms with Crippen molar-refractivity contribution in [2.45, 2.75) is 25.4 Å². The number of nitrogens with one attached hydrogen (secondary N) is 1. The molecule has 1 aromatic rings. The van der Waals surface area contributed by atoms with Crippen molar-refractivity contribution in [1.82, 2.24) is 10.2 Å². The number of hydrogen-bond donors (Lipinski definition) is 2. The maximum Gasteiger partial charge on any atom is 0.0558 e. The first-order chi connectivity index (χ1) is 8.40. The van der Waals surface area contributed by atoms with E-state index >= 15 is 0 Å². The van der Waals surface area contributed by atoms with Crippen LogP contribution in [-0.2, 0) is 6.54 Å². The van der Waals surface area contributed by atoms with Crippen molar-refractivity contribution in [1.29, 1.82) is 0 Å². The number of aliphatic hydroxyl groups excluding tert-OH is 1. The van der Waals surface area contributed by atoms with Gasteiger partial charge in [0.25, 0.3) is 0 Å². The van der Waals surface area contributed by atoms with Gasteiger partial charge < -0.3 is 10.4 Å². The Hall–Kier alpha value is -0.900. The molecule has 2 rings (SSSR count). The Morgan fingerprint density at radius 3 is 2.53 bits per heavy atom. The zero-order chi connectivity index (χ0) is 11.9. The molecule has 1 aliphatic heterocycles. The van der Waals surface area contributed by atoms with Gasteiger partial charge in [0.1, 0.15) is 0 Å². The summed E-state index contributed by atoms with van der Waals surface area (Å²) in [6.45, 7) is 4.17. The topological polar surface area (TPSA) is 35.5 Å². The summed E-state index contributed by atoms with van der Waals surface area (Å²) in [6, 6.07) is 11.1. The molecule has 17 heavy (non-hydrogen) atoms. The van der Waals surface area contributed by atoms with Crippen LogP contribution in [0.1, 0.15) is 18.4 Å². The third-order valence-corrected chi connectivity index (χ3v) is 3.44. The van der Waals surface area contributed by atoms with Crippen molar-refractivity contribution in [2.24, 2.45) is 0 Å². The summed E-state index contributed by atoms with van der Waals surface area (Å²) < 4.78 is 0. The van der Waals surface area contributed by atoms with Crippen molar-refractivity contribution in [3.8, 4) is 0 Å². The van der Waals surface area contributed by atoms with E-state index in [1.54, 1.807) is 0 Å². The van der Waals surface area contributed by atoms with Gasteiger partial charge in [0.05, 0.1) is 6.61 Å². The molecule has 0 aliphatic carbocycles. The van der Waals surface area contributed by atoms with E-state index in [1.165, 1.54) is 18.4 Å². The van der Waals surface area contributed by atoms with Gasteiger partial charge in [0.2, 0.25) is 0 Å². The maximum atomic E-state index is 9.19. The van der Waals surface area contributed by atoms with Gasteiger partial charge >= 0.3 is 0 Å². The molecule has 94 valence electrons. The summed E-state index contributed by atoms with van der Waals surface area (Å²) in [5, 5.41) is 12.6. The fourth-order valence-corrected chi connectivity index (χ4v) is 2.51. The van der Waals surface area contributed by atoms with E-state index in [9.17, 15) is 5.11 Å². The van der Waals surface area contributed by atoms with Crippen LogP contribution >= 0.6 is 0 Å². The van der Waals surface area contributed by atoms with Gasteiger partial charge in [-0.25, -0.2) is 0 Å². The van der Waals surface area contributed by atoms with Crippen LogP contribution in [0.5, 0.6) is 0 Å². The van der Waals surface area contributed by atoms with Crippen LogP contribution in [0, 0.1) is 0 Å². The molecule has 1 saturated heterocycles. The van der Waals surface area contributed by atoms with E-state index < -0.39 is 0 Å². The standard InChI is InChI=1S/C14H22N2O/c17-11-10-16(14-6-8-15-9-7-14)12-13-4-2-1-3-5-13/h1-5,14-15,17H,6-12H2. The lowest BCUT2D eigenvalue weighted by Crippen LogP contribution is -2.43. The molecule has 3 heteroatoms. The van der Waals surface area contributed by atoms with E-state index in [-0.39, 0.29) is 6.61 Å². The van der Waals surface area contributed by atoms with Crippen molar-refractivity contribution in [3.05, 3.63) is 35.9 Å². The largest absolute Gasteiger partial charge is 0.395 e. The van der Waals surface area contributed by atoms with E-state index in [0.29, 0.717) is 6.04 Å². The Bertz CT molecular complexity index is 309. The third-order valence-electron chi connectivity index (χ3n) is 3.44. The van der Waals surface area contributed by atoms with Crippen LogP contribution < -0.4 is 5.32 Å². The van der Waals surface area contributed by atoms with Gasteiger partial charge in [-0.3, -0.25) is 4.90 Å². The average Bonchev–Trinajstić information content (AvgIpc) is 2.40. The van der Waals surface area contributed by atoms with Crippen molar-refractivity contribution >= 4 is 0 Å². The number of rotatable bonds is 5. The summed E-state index contributed by atoms with van der Waals surface area (Å²) in [5.41, 5.74) is 1.33. The lowest BCUT2D eigenvalue weighted by molar-refractivity contribution is 0.121. The summed E-state index contributed by atoms with van der Waals surface area (Å²) in [7, 11) is 0. The minimum Gasteiger partial charge on any atom is -0.395 e. The quantitative estimate of drug-likeness (QED) is 0.804. The summed E-state index contributed by atoms with van der Waals surface area (Å²) in [4.78, 5) is 2.41. The number of benzene rings is 1. The Kier molecular flexibility index (Phi) is 4.98. The smallest absolute Gasteiger partial charge is 0.0558 e. The molecule has 0 aromatic heterocycles. The van der Waals surface area contributed by atoms with E-state index in [2.05, 4.69) is 34.5 Å². The molecule has 1 fully saturated rings. The Morgan fingerprint density at radius 2 is 1.88 bits per heavy atom. The van der Waals surface area contributed by atoms with Crippen molar-refractivity contribution in [3.63, 3.8) is 0 Å². The zero-order valence-corrected chi connectivity index (χ0v) is 10.3. The van der Waals surface area contributed by atoms with Crippen LogP contribution in [0.15, 0.2) is 30.3 Å². The second kappa shape index (κ2) is 6.74. The van der Waals surface area contributed by atoms with E-state index in [0.717, 1.165) is 26.2 Å².